The van der Waals surface area contributed by atoms with Gasteiger partial charge in [0.25, 0.3) is 0 Å². The molecule has 0 N–H and O–H groups in total. The van der Waals surface area contributed by atoms with Crippen molar-refractivity contribution in [2.75, 3.05) is 0 Å². The van der Waals surface area contributed by atoms with Crippen molar-refractivity contribution in [2.45, 2.75) is 5.41 Å². The first kappa shape index (κ1) is 15.8. The molecule has 4 aromatic carbocycles. The van der Waals surface area contributed by atoms with Crippen LogP contribution in [0.3, 0.4) is 0 Å². The van der Waals surface area contributed by atoms with Gasteiger partial charge in [-0.2, -0.15) is 0 Å². The zero-order valence-electron chi connectivity index (χ0n) is 15.0. The summed E-state index contributed by atoms with van der Waals surface area (Å²) < 4.78 is 0. The van der Waals surface area contributed by atoms with Gasteiger partial charge >= 0.3 is 0 Å². The highest BCUT2D eigenvalue weighted by Gasteiger charge is 2.41. The Kier molecular flexibility index (Phi) is 3.76. The lowest BCUT2D eigenvalue weighted by Gasteiger charge is -2.30. The summed E-state index contributed by atoms with van der Waals surface area (Å²) in [5.74, 6) is 0. The van der Waals surface area contributed by atoms with Crippen LogP contribution in [-0.2, 0) is 5.41 Å². The van der Waals surface area contributed by atoms with Crippen LogP contribution in [0, 0.1) is 0 Å². The van der Waals surface area contributed by atoms with Crippen LogP contribution in [0.5, 0.6) is 0 Å². The lowest BCUT2D eigenvalue weighted by molar-refractivity contribution is 0.794. The van der Waals surface area contributed by atoms with Crippen molar-refractivity contribution in [1.29, 1.82) is 0 Å². The maximum absolute atomic E-state index is 2.46. The first-order valence-electron chi connectivity index (χ1n) is 9.39. The summed E-state index contributed by atoms with van der Waals surface area (Å²) in [4.78, 5) is 0. The Morgan fingerprint density at radius 2 is 0.926 bits per heavy atom. The van der Waals surface area contributed by atoms with Crippen molar-refractivity contribution in [1.82, 2.24) is 0 Å². The van der Waals surface area contributed by atoms with Crippen molar-refractivity contribution in [2.24, 2.45) is 0 Å². The maximum Gasteiger partial charge on any atom is 0.0647 e. The Labute approximate surface area is 160 Å². The molecule has 0 heterocycles. The first-order valence-corrected chi connectivity index (χ1v) is 9.39. The lowest BCUT2D eigenvalue weighted by Crippen LogP contribution is -2.25. The number of hydrogen-bond acceptors (Lipinski definition) is 0. The molecule has 0 aromatic heterocycles. The second-order valence-corrected chi connectivity index (χ2v) is 7.01. The van der Waals surface area contributed by atoms with E-state index in [0.717, 1.165) is 0 Å². The van der Waals surface area contributed by atoms with E-state index in [0.29, 0.717) is 0 Å². The van der Waals surface area contributed by atoms with Crippen molar-refractivity contribution in [3.05, 3.63) is 149 Å². The van der Waals surface area contributed by atoms with E-state index < -0.39 is 0 Å². The third kappa shape index (κ3) is 2.45. The van der Waals surface area contributed by atoms with Crippen molar-refractivity contribution >= 4 is 5.57 Å². The summed E-state index contributed by atoms with van der Waals surface area (Å²) in [5.41, 5.74) is 7.56. The number of fused-ring (bicyclic) bond motifs is 1. The minimum absolute atomic E-state index is 0.274. The maximum atomic E-state index is 2.46. The molecule has 0 nitrogen and oxygen atoms in total. The van der Waals surface area contributed by atoms with E-state index in [-0.39, 0.29) is 5.41 Å². The SMILES string of the molecule is C1=C(c2ccccc2)c2ccccc2C1(c1ccccc1)c1ccccc1. The van der Waals surface area contributed by atoms with Gasteiger partial charge in [0.15, 0.2) is 0 Å². The normalized spacial score (nSPS) is 14.4. The fourth-order valence-electron chi connectivity index (χ4n) is 4.34. The summed E-state index contributed by atoms with van der Waals surface area (Å²) in [6, 6.07) is 41.2. The average molecular weight is 344 g/mol. The quantitative estimate of drug-likeness (QED) is 0.400. The van der Waals surface area contributed by atoms with Gasteiger partial charge in [-0.25, -0.2) is 0 Å². The second-order valence-electron chi connectivity index (χ2n) is 7.01. The number of benzene rings is 4. The minimum atomic E-state index is -0.274. The molecular weight excluding hydrogens is 324 g/mol. The summed E-state index contributed by atoms with van der Waals surface area (Å²) in [6.07, 6.45) is 2.46. The van der Waals surface area contributed by atoms with E-state index in [1.165, 1.54) is 33.4 Å². The van der Waals surface area contributed by atoms with Gasteiger partial charge in [0, 0.05) is 0 Å². The van der Waals surface area contributed by atoms with E-state index >= 15 is 0 Å². The van der Waals surface area contributed by atoms with E-state index in [1.807, 2.05) is 0 Å². The predicted octanol–water partition coefficient (Wildman–Crippen LogP) is 6.47. The molecule has 1 aliphatic carbocycles. The second kappa shape index (κ2) is 6.41. The zero-order valence-corrected chi connectivity index (χ0v) is 15.0. The number of hydrogen-bond donors (Lipinski definition) is 0. The fraction of sp³-hybridized carbons (Fsp3) is 0.0370. The van der Waals surface area contributed by atoms with Gasteiger partial charge in [-0.3, -0.25) is 0 Å². The van der Waals surface area contributed by atoms with Gasteiger partial charge in [-0.05, 0) is 33.4 Å². The summed E-state index contributed by atoms with van der Waals surface area (Å²) in [6.45, 7) is 0. The van der Waals surface area contributed by atoms with Crippen LogP contribution in [0.25, 0.3) is 5.57 Å². The van der Waals surface area contributed by atoms with Gasteiger partial charge in [-0.1, -0.05) is 121 Å². The molecule has 0 saturated heterocycles. The van der Waals surface area contributed by atoms with E-state index in [2.05, 4.69) is 121 Å². The Morgan fingerprint density at radius 1 is 0.444 bits per heavy atom. The molecule has 0 amide bonds. The molecular formula is C27H20. The molecule has 4 aromatic rings. The van der Waals surface area contributed by atoms with Gasteiger partial charge in [0.2, 0.25) is 0 Å². The molecule has 128 valence electrons. The van der Waals surface area contributed by atoms with Crippen LogP contribution in [0.4, 0.5) is 0 Å². The largest absolute Gasteiger partial charge is 0.0647 e. The van der Waals surface area contributed by atoms with Crippen LogP contribution in [0.15, 0.2) is 121 Å². The molecule has 0 fully saturated rings. The first-order chi connectivity index (χ1) is 13.4. The van der Waals surface area contributed by atoms with Crippen LogP contribution < -0.4 is 0 Å². The molecule has 0 atom stereocenters. The summed E-state index contributed by atoms with van der Waals surface area (Å²) in [5, 5.41) is 0. The lowest BCUT2D eigenvalue weighted by atomic mass is 9.71. The molecule has 0 unspecified atom stereocenters. The van der Waals surface area contributed by atoms with Gasteiger partial charge in [0.1, 0.15) is 0 Å². The van der Waals surface area contributed by atoms with Crippen LogP contribution >= 0.6 is 0 Å². The standard InChI is InChI=1S/C27H20/c1-4-12-21(13-5-1)25-20-27(22-14-6-2-7-15-22,23-16-8-3-9-17-23)26-19-11-10-18-24(25)26/h1-20H. The van der Waals surface area contributed by atoms with Crippen LogP contribution in [0.2, 0.25) is 0 Å². The summed E-state index contributed by atoms with van der Waals surface area (Å²) >= 11 is 0. The molecule has 0 radical (unpaired) electrons. The topological polar surface area (TPSA) is 0 Å². The molecule has 0 aliphatic heterocycles. The van der Waals surface area contributed by atoms with Crippen molar-refractivity contribution < 1.29 is 0 Å². The molecule has 27 heavy (non-hydrogen) atoms. The highest BCUT2D eigenvalue weighted by molar-refractivity contribution is 5.90. The highest BCUT2D eigenvalue weighted by atomic mass is 14.4. The Balaban J connectivity index is 1.87. The minimum Gasteiger partial charge on any atom is -0.0622 e. The number of allylic oxidation sites excluding steroid dienone is 1. The Morgan fingerprint density at radius 3 is 1.52 bits per heavy atom. The molecule has 5 rings (SSSR count). The van der Waals surface area contributed by atoms with E-state index in [4.69, 9.17) is 0 Å². The molecule has 1 aliphatic rings. The van der Waals surface area contributed by atoms with Crippen LogP contribution in [0.1, 0.15) is 27.8 Å². The van der Waals surface area contributed by atoms with Gasteiger partial charge in [0.05, 0.1) is 5.41 Å². The Bertz CT molecular complexity index is 1050. The van der Waals surface area contributed by atoms with E-state index in [9.17, 15) is 0 Å². The molecule has 0 bridgehead atoms. The van der Waals surface area contributed by atoms with Crippen molar-refractivity contribution in [3.63, 3.8) is 0 Å². The smallest absolute Gasteiger partial charge is 0.0622 e. The molecule has 0 heteroatoms. The third-order valence-corrected chi connectivity index (χ3v) is 5.55. The van der Waals surface area contributed by atoms with E-state index in [1.54, 1.807) is 0 Å². The molecule has 0 spiro atoms. The Hall–Kier alpha value is -3.38. The molecule has 0 saturated carbocycles. The summed E-state index contributed by atoms with van der Waals surface area (Å²) in [7, 11) is 0. The predicted molar refractivity (Wildman–Crippen MR) is 113 cm³/mol. The third-order valence-electron chi connectivity index (χ3n) is 5.55. The van der Waals surface area contributed by atoms with Crippen LogP contribution in [-0.4, -0.2) is 0 Å². The monoisotopic (exact) mass is 344 g/mol. The zero-order chi connectivity index (χ0) is 18.1. The average Bonchev–Trinajstić information content (AvgIpc) is 3.12. The number of rotatable bonds is 3. The van der Waals surface area contributed by atoms with Crippen molar-refractivity contribution in [3.8, 4) is 0 Å². The fourth-order valence-corrected chi connectivity index (χ4v) is 4.34. The van der Waals surface area contributed by atoms with Gasteiger partial charge in [-0.15, -0.1) is 0 Å². The van der Waals surface area contributed by atoms with Gasteiger partial charge < -0.3 is 0 Å². The highest BCUT2D eigenvalue weighted by Crippen LogP contribution is 2.50.